The molecule has 1 fully saturated rings. The van der Waals surface area contributed by atoms with Crippen molar-refractivity contribution in [2.75, 3.05) is 6.54 Å². The summed E-state index contributed by atoms with van der Waals surface area (Å²) in [5.74, 6) is 0. The summed E-state index contributed by atoms with van der Waals surface area (Å²) in [7, 11) is 0. The Morgan fingerprint density at radius 3 is 3.50 bits per heavy atom. The molecule has 2 rings (SSSR count). The molecule has 0 aromatic heterocycles. The zero-order chi connectivity index (χ0) is 6.81. The first kappa shape index (κ1) is 5.96. The second-order valence-electron chi connectivity index (χ2n) is 2.89. The molecular weight excluding hydrogens is 124 g/mol. The lowest BCUT2D eigenvalue weighted by Crippen LogP contribution is -2.79. The molecule has 0 radical (unpaired) electrons. The van der Waals surface area contributed by atoms with Gasteiger partial charge in [0.1, 0.15) is 6.21 Å². The van der Waals surface area contributed by atoms with E-state index in [9.17, 15) is 0 Å². The number of hydrogen-bond donors (Lipinski definition) is 2. The molecule has 0 aromatic carbocycles. The lowest BCUT2D eigenvalue weighted by molar-refractivity contribution is -0.493. The molecule has 0 spiro atoms. The minimum atomic E-state index is 0.600. The molecule has 2 N–H and O–H groups in total. The maximum atomic E-state index is 3.40. The van der Waals surface area contributed by atoms with Gasteiger partial charge in [0.15, 0.2) is 6.04 Å². The number of fused-ring (bicyclic) bond motifs is 1. The molecule has 1 atom stereocenters. The van der Waals surface area contributed by atoms with E-state index in [0.717, 1.165) is 13.0 Å². The van der Waals surface area contributed by atoms with E-state index in [4.69, 9.17) is 0 Å². The third-order valence-corrected chi connectivity index (χ3v) is 2.15. The number of piperidine rings is 1. The van der Waals surface area contributed by atoms with Gasteiger partial charge in [0.2, 0.25) is 0 Å². The number of rotatable bonds is 0. The fourth-order valence-electron chi connectivity index (χ4n) is 1.60. The summed E-state index contributed by atoms with van der Waals surface area (Å²) >= 11 is 0. The van der Waals surface area contributed by atoms with E-state index in [1.807, 2.05) is 0 Å². The quantitative estimate of drug-likeness (QED) is 0.448. The van der Waals surface area contributed by atoms with E-state index < -0.39 is 0 Å². The van der Waals surface area contributed by atoms with Gasteiger partial charge in [-0.15, -0.1) is 0 Å². The largest absolute Gasteiger partial charge is 0.383 e. The van der Waals surface area contributed by atoms with Crippen molar-refractivity contribution in [2.45, 2.75) is 25.3 Å². The van der Waals surface area contributed by atoms with Crippen molar-refractivity contribution < 1.29 is 4.99 Å². The monoisotopic (exact) mass is 137 g/mol. The Bertz CT molecular complexity index is 182. The van der Waals surface area contributed by atoms with Gasteiger partial charge in [-0.25, -0.2) is 4.99 Å². The van der Waals surface area contributed by atoms with E-state index in [0.29, 0.717) is 6.04 Å². The number of hydrogen-bond acceptors (Lipinski definition) is 1. The van der Waals surface area contributed by atoms with Crippen molar-refractivity contribution in [3.63, 3.8) is 0 Å². The van der Waals surface area contributed by atoms with E-state index >= 15 is 0 Å². The third kappa shape index (κ3) is 0.939. The first-order valence-corrected chi connectivity index (χ1v) is 3.98. The predicted molar refractivity (Wildman–Crippen MR) is 40.8 cm³/mol. The molecule has 0 aliphatic carbocycles. The highest BCUT2D eigenvalue weighted by molar-refractivity contribution is 5.54. The smallest absolute Gasteiger partial charge is 0.189 e. The molecule has 0 amide bonds. The van der Waals surface area contributed by atoms with Crippen LogP contribution < -0.4 is 10.3 Å². The fraction of sp³-hybridized carbons (Fsp3) is 0.625. The van der Waals surface area contributed by atoms with E-state index in [1.165, 1.54) is 18.5 Å². The van der Waals surface area contributed by atoms with Crippen LogP contribution in [0, 0.1) is 0 Å². The van der Waals surface area contributed by atoms with E-state index in [1.54, 1.807) is 0 Å². The third-order valence-electron chi connectivity index (χ3n) is 2.15. The van der Waals surface area contributed by atoms with Gasteiger partial charge in [-0.05, 0) is 12.5 Å². The standard InChI is InChI=1S/C8H12N2/c1-3-7-8(9-5-1)4-2-6-10-7/h3,5,8,10H,1-2,4,6H2/p+1. The van der Waals surface area contributed by atoms with Crippen LogP contribution in [-0.4, -0.2) is 18.8 Å². The summed E-state index contributed by atoms with van der Waals surface area (Å²) in [6, 6.07) is 0.600. The molecule has 0 aromatic rings. The van der Waals surface area contributed by atoms with Gasteiger partial charge < -0.3 is 5.32 Å². The first-order chi connectivity index (χ1) is 4.97. The van der Waals surface area contributed by atoms with E-state index in [2.05, 4.69) is 22.6 Å². The van der Waals surface area contributed by atoms with Crippen LogP contribution in [0.2, 0.25) is 0 Å². The Morgan fingerprint density at radius 1 is 1.60 bits per heavy atom. The highest BCUT2D eigenvalue weighted by atomic mass is 15.0. The maximum Gasteiger partial charge on any atom is 0.189 e. The molecule has 2 heterocycles. The molecule has 2 nitrogen and oxygen atoms in total. The van der Waals surface area contributed by atoms with Gasteiger partial charge in [0.25, 0.3) is 0 Å². The zero-order valence-corrected chi connectivity index (χ0v) is 6.06. The van der Waals surface area contributed by atoms with Crippen molar-refractivity contribution in [1.82, 2.24) is 5.32 Å². The Hall–Kier alpha value is -0.790. The maximum absolute atomic E-state index is 3.40. The van der Waals surface area contributed by atoms with Gasteiger partial charge in [-0.2, -0.15) is 0 Å². The fourth-order valence-corrected chi connectivity index (χ4v) is 1.60. The lowest BCUT2D eigenvalue weighted by atomic mass is 10.0. The van der Waals surface area contributed by atoms with Crippen molar-refractivity contribution in [2.24, 2.45) is 0 Å². The van der Waals surface area contributed by atoms with Gasteiger partial charge in [0.05, 0.1) is 5.70 Å². The highest BCUT2D eigenvalue weighted by Crippen LogP contribution is 2.09. The molecule has 1 unspecified atom stereocenters. The molecule has 54 valence electrons. The normalized spacial score (nSPS) is 30.4. The zero-order valence-electron chi connectivity index (χ0n) is 6.06. The van der Waals surface area contributed by atoms with Gasteiger partial charge >= 0.3 is 0 Å². The lowest BCUT2D eigenvalue weighted by Gasteiger charge is -2.21. The molecule has 2 aliphatic heterocycles. The van der Waals surface area contributed by atoms with Crippen LogP contribution in [-0.2, 0) is 0 Å². The SMILES string of the molecule is C1=[NH+]C2CCCNC2=CC1. The second kappa shape index (κ2) is 2.45. The first-order valence-electron chi connectivity index (χ1n) is 3.98. The van der Waals surface area contributed by atoms with Crippen molar-refractivity contribution in [3.8, 4) is 0 Å². The van der Waals surface area contributed by atoms with Crippen molar-refractivity contribution in [1.29, 1.82) is 0 Å². The van der Waals surface area contributed by atoms with Gasteiger partial charge in [-0.1, -0.05) is 0 Å². The summed E-state index contributed by atoms with van der Waals surface area (Å²) in [5.41, 5.74) is 1.41. The van der Waals surface area contributed by atoms with Gasteiger partial charge in [-0.3, -0.25) is 0 Å². The Kier molecular flexibility index (Phi) is 1.46. The number of allylic oxidation sites excluding steroid dienone is 1. The molecule has 0 saturated carbocycles. The molecule has 2 aliphatic rings. The second-order valence-corrected chi connectivity index (χ2v) is 2.89. The van der Waals surface area contributed by atoms with Crippen LogP contribution in [0.15, 0.2) is 11.8 Å². The molecule has 2 heteroatoms. The predicted octanol–water partition coefficient (Wildman–Crippen LogP) is -0.823. The molecule has 1 saturated heterocycles. The van der Waals surface area contributed by atoms with Crippen LogP contribution in [0.1, 0.15) is 19.3 Å². The summed E-state index contributed by atoms with van der Waals surface area (Å²) in [5, 5.41) is 3.40. The molecular formula is C8H13N2+. The van der Waals surface area contributed by atoms with Gasteiger partial charge in [0, 0.05) is 19.4 Å². The Balaban J connectivity index is 2.13. The minimum Gasteiger partial charge on any atom is -0.383 e. The van der Waals surface area contributed by atoms with Crippen LogP contribution in [0.4, 0.5) is 0 Å². The average molecular weight is 137 g/mol. The van der Waals surface area contributed by atoms with Crippen LogP contribution in [0.25, 0.3) is 0 Å². The van der Waals surface area contributed by atoms with Crippen molar-refractivity contribution >= 4 is 6.21 Å². The average Bonchev–Trinajstić information content (AvgIpc) is 2.05. The Labute approximate surface area is 61.0 Å². The molecule has 10 heavy (non-hydrogen) atoms. The summed E-state index contributed by atoms with van der Waals surface area (Å²) in [4.78, 5) is 3.37. The summed E-state index contributed by atoms with van der Waals surface area (Å²) < 4.78 is 0. The number of nitrogens with one attached hydrogen (secondary N) is 2. The minimum absolute atomic E-state index is 0.600. The van der Waals surface area contributed by atoms with Crippen LogP contribution in [0.5, 0.6) is 0 Å². The molecule has 0 bridgehead atoms. The van der Waals surface area contributed by atoms with E-state index in [-0.39, 0.29) is 0 Å². The Morgan fingerprint density at radius 2 is 2.60 bits per heavy atom. The topological polar surface area (TPSA) is 26.0 Å². The highest BCUT2D eigenvalue weighted by Gasteiger charge is 2.22. The van der Waals surface area contributed by atoms with Crippen LogP contribution in [0.3, 0.4) is 0 Å². The summed E-state index contributed by atoms with van der Waals surface area (Å²) in [6.07, 6.45) is 8.07. The van der Waals surface area contributed by atoms with Crippen molar-refractivity contribution in [3.05, 3.63) is 11.8 Å². The van der Waals surface area contributed by atoms with Crippen LogP contribution >= 0.6 is 0 Å². The summed E-state index contributed by atoms with van der Waals surface area (Å²) in [6.45, 7) is 1.16.